The summed E-state index contributed by atoms with van der Waals surface area (Å²) >= 11 is 0. The zero-order valence-electron chi connectivity index (χ0n) is 19.9. The van der Waals surface area contributed by atoms with Gasteiger partial charge in [-0.15, -0.1) is 0 Å². The number of halogens is 1. The van der Waals surface area contributed by atoms with Crippen molar-refractivity contribution in [2.24, 2.45) is 0 Å². The number of hydrogen-bond acceptors (Lipinski definition) is 1. The van der Waals surface area contributed by atoms with Crippen molar-refractivity contribution in [2.45, 2.75) is 110 Å². The molecule has 0 aromatic carbocycles. The molecule has 0 aliphatic carbocycles. The highest BCUT2D eigenvalue weighted by Gasteiger charge is 2.13. The summed E-state index contributed by atoms with van der Waals surface area (Å²) in [6, 6.07) is 0. The molecule has 0 aromatic rings. The Balaban J connectivity index is 0. The van der Waals surface area contributed by atoms with Crippen molar-refractivity contribution in [1.29, 1.82) is 0 Å². The van der Waals surface area contributed by atoms with Crippen LogP contribution >= 0.6 is 0 Å². The first-order chi connectivity index (χ1) is 12.9. The van der Waals surface area contributed by atoms with Crippen LogP contribution in [0, 0.1) is 0 Å². The lowest BCUT2D eigenvalue weighted by molar-refractivity contribution is -0.888. The maximum Gasteiger partial charge on any atom is 0.222 e. The van der Waals surface area contributed by atoms with Gasteiger partial charge in [-0.25, -0.2) is 0 Å². The highest BCUT2D eigenvalue weighted by molar-refractivity contribution is 5.75. The predicted molar refractivity (Wildman–Crippen MR) is 120 cm³/mol. The predicted octanol–water partition coefficient (Wildman–Crippen LogP) is 3.42. The lowest BCUT2D eigenvalue weighted by Crippen LogP contribution is -3.00. The second kappa shape index (κ2) is 20.4. The van der Waals surface area contributed by atoms with Gasteiger partial charge in [-0.05, 0) is 13.3 Å². The van der Waals surface area contributed by atoms with E-state index in [1.807, 2.05) is 11.9 Å². The van der Waals surface area contributed by atoms with Crippen molar-refractivity contribution in [3.8, 4) is 0 Å². The maximum atomic E-state index is 12.2. The molecule has 4 heteroatoms. The summed E-state index contributed by atoms with van der Waals surface area (Å²) in [5, 5.41) is 0. The molecule has 0 atom stereocenters. The molecule has 0 unspecified atom stereocenters. The molecule has 0 fully saturated rings. The van der Waals surface area contributed by atoms with Gasteiger partial charge in [0.05, 0.1) is 27.2 Å². The normalized spacial score (nSPS) is 11.3. The van der Waals surface area contributed by atoms with E-state index in [1.54, 1.807) is 0 Å². The zero-order chi connectivity index (χ0) is 20.4. The molecule has 0 spiro atoms. The number of rotatable bonds is 19. The fraction of sp³-hybridized carbons (Fsp3) is 0.958. The van der Waals surface area contributed by atoms with Gasteiger partial charge in [0.2, 0.25) is 5.91 Å². The Morgan fingerprint density at radius 1 is 0.714 bits per heavy atom. The van der Waals surface area contributed by atoms with Crippen molar-refractivity contribution in [3.05, 3.63) is 0 Å². The van der Waals surface area contributed by atoms with Gasteiger partial charge in [0.1, 0.15) is 0 Å². The van der Waals surface area contributed by atoms with E-state index in [-0.39, 0.29) is 24.0 Å². The van der Waals surface area contributed by atoms with E-state index in [4.69, 9.17) is 0 Å². The van der Waals surface area contributed by atoms with Crippen LogP contribution in [0.4, 0.5) is 0 Å². The summed E-state index contributed by atoms with van der Waals surface area (Å²) < 4.78 is 1.04. The van der Waals surface area contributed by atoms with Gasteiger partial charge >= 0.3 is 0 Å². The van der Waals surface area contributed by atoms with Gasteiger partial charge in [0.15, 0.2) is 0 Å². The number of nitrogens with zero attached hydrogens (tertiary/aromatic N) is 2. The van der Waals surface area contributed by atoms with E-state index in [9.17, 15) is 4.79 Å². The number of hydrogen-bond donors (Lipinski definition) is 0. The third kappa shape index (κ3) is 19.5. The van der Waals surface area contributed by atoms with Crippen LogP contribution in [0.3, 0.4) is 0 Å². The fourth-order valence-corrected chi connectivity index (χ4v) is 3.50. The zero-order valence-corrected chi connectivity index (χ0v) is 22.1. The van der Waals surface area contributed by atoms with Gasteiger partial charge in [0.25, 0.3) is 0 Å². The van der Waals surface area contributed by atoms with E-state index < -0.39 is 0 Å². The van der Waals surface area contributed by atoms with Crippen LogP contribution in [-0.4, -0.2) is 56.1 Å². The molecule has 170 valence electrons. The van der Waals surface area contributed by atoms with Gasteiger partial charge in [-0.1, -0.05) is 84.0 Å². The van der Waals surface area contributed by atoms with E-state index in [0.29, 0.717) is 5.91 Å². The van der Waals surface area contributed by atoms with Crippen LogP contribution in [0.5, 0.6) is 0 Å². The average Bonchev–Trinajstić information content (AvgIpc) is 2.65. The van der Waals surface area contributed by atoms with Crippen LogP contribution in [0.25, 0.3) is 0 Å². The minimum Gasteiger partial charge on any atom is -1.00 e. The lowest BCUT2D eigenvalue weighted by Gasteiger charge is -2.29. The third-order valence-corrected chi connectivity index (χ3v) is 6.03. The summed E-state index contributed by atoms with van der Waals surface area (Å²) in [6.45, 7) is 7.70. The SMILES string of the molecule is CCCCCCCCCCCCCCCC(=O)N(C)CCC[N+](C)(C)CC.[I-]. The van der Waals surface area contributed by atoms with Gasteiger partial charge in [0, 0.05) is 26.4 Å². The topological polar surface area (TPSA) is 20.3 Å². The molecule has 0 N–H and O–H groups in total. The van der Waals surface area contributed by atoms with Crippen molar-refractivity contribution < 1.29 is 33.3 Å². The Morgan fingerprint density at radius 2 is 1.14 bits per heavy atom. The van der Waals surface area contributed by atoms with Crippen molar-refractivity contribution in [2.75, 3.05) is 40.8 Å². The van der Waals surface area contributed by atoms with E-state index in [2.05, 4.69) is 27.9 Å². The van der Waals surface area contributed by atoms with Crippen molar-refractivity contribution >= 4 is 5.91 Å². The van der Waals surface area contributed by atoms with Crippen LogP contribution in [0.15, 0.2) is 0 Å². The van der Waals surface area contributed by atoms with Crippen molar-refractivity contribution in [1.82, 2.24) is 4.90 Å². The van der Waals surface area contributed by atoms with Gasteiger partial charge < -0.3 is 33.4 Å². The van der Waals surface area contributed by atoms with Crippen molar-refractivity contribution in [3.63, 3.8) is 0 Å². The molecule has 0 rings (SSSR count). The molecule has 1 amide bonds. The molecule has 0 aromatic heterocycles. The summed E-state index contributed by atoms with van der Waals surface area (Å²) in [5.41, 5.74) is 0. The summed E-state index contributed by atoms with van der Waals surface area (Å²) in [7, 11) is 6.49. The molecular formula is C24H51IN2O. The van der Waals surface area contributed by atoms with Gasteiger partial charge in [-0.3, -0.25) is 4.79 Å². The minimum absolute atomic E-state index is 0. The molecule has 0 saturated heterocycles. The first-order valence-electron chi connectivity index (χ1n) is 12.0. The first-order valence-corrected chi connectivity index (χ1v) is 12.0. The molecule has 28 heavy (non-hydrogen) atoms. The number of quaternary nitrogens is 1. The summed E-state index contributed by atoms with van der Waals surface area (Å²) in [5.74, 6) is 0.333. The Kier molecular flexibility index (Phi) is 22.2. The van der Waals surface area contributed by atoms with E-state index >= 15 is 0 Å². The number of unbranched alkanes of at least 4 members (excludes halogenated alkanes) is 12. The molecule has 0 saturated carbocycles. The Morgan fingerprint density at radius 3 is 1.57 bits per heavy atom. The maximum absolute atomic E-state index is 12.2. The highest BCUT2D eigenvalue weighted by atomic mass is 127. The smallest absolute Gasteiger partial charge is 0.222 e. The Hall–Kier alpha value is 0.160. The van der Waals surface area contributed by atoms with Crippen LogP contribution in [0.2, 0.25) is 0 Å². The molecule has 3 nitrogen and oxygen atoms in total. The standard InChI is InChI=1S/C24H51N2O.HI/c1-6-8-9-10-11-12-13-14-15-16-17-18-19-21-24(27)25(3)22-20-23-26(4,5)7-2;/h6-23H2,1-5H3;1H/q+1;/p-1. The second-order valence-corrected chi connectivity index (χ2v) is 9.14. The molecule has 0 bridgehead atoms. The molecule has 0 heterocycles. The quantitative estimate of drug-likeness (QED) is 0.148. The largest absolute Gasteiger partial charge is 1.00 e. The summed E-state index contributed by atoms with van der Waals surface area (Å²) in [6.07, 6.45) is 19.5. The molecule has 0 aliphatic heterocycles. The molecule has 0 radical (unpaired) electrons. The Bertz CT molecular complexity index is 347. The van der Waals surface area contributed by atoms with Crippen LogP contribution in [0.1, 0.15) is 110 Å². The van der Waals surface area contributed by atoms with Crippen LogP contribution in [-0.2, 0) is 4.79 Å². The highest BCUT2D eigenvalue weighted by Crippen LogP contribution is 2.13. The number of amides is 1. The number of carbonyl (C=O) groups excluding carboxylic acids is 1. The summed E-state index contributed by atoms with van der Waals surface area (Å²) in [4.78, 5) is 14.1. The van der Waals surface area contributed by atoms with E-state index in [0.717, 1.165) is 43.4 Å². The lowest BCUT2D eigenvalue weighted by atomic mass is 10.0. The van der Waals surface area contributed by atoms with Gasteiger partial charge in [-0.2, -0.15) is 0 Å². The monoisotopic (exact) mass is 510 g/mol. The van der Waals surface area contributed by atoms with Crippen LogP contribution < -0.4 is 24.0 Å². The number of carbonyl (C=O) groups is 1. The first kappa shape index (κ1) is 30.4. The molecular weight excluding hydrogens is 459 g/mol. The molecule has 0 aliphatic rings. The fourth-order valence-electron chi connectivity index (χ4n) is 3.50. The average molecular weight is 511 g/mol. The third-order valence-electron chi connectivity index (χ3n) is 6.03. The minimum atomic E-state index is 0. The second-order valence-electron chi connectivity index (χ2n) is 9.14. The van der Waals surface area contributed by atoms with E-state index in [1.165, 1.54) is 77.0 Å². The Labute approximate surface area is 194 Å².